The Labute approximate surface area is 113 Å². The largest absolute Gasteiger partial charge is 0.461 e. The summed E-state index contributed by atoms with van der Waals surface area (Å²) in [6, 6.07) is 0.317. The summed E-state index contributed by atoms with van der Waals surface area (Å²) >= 11 is 0. The number of anilines is 2. The summed E-state index contributed by atoms with van der Waals surface area (Å²) in [7, 11) is 0. The smallest absolute Gasteiger partial charge is 0.323 e. The highest BCUT2D eigenvalue weighted by Gasteiger charge is 2.23. The van der Waals surface area contributed by atoms with Crippen LogP contribution in [0, 0.1) is 0 Å². The van der Waals surface area contributed by atoms with Gasteiger partial charge in [-0.1, -0.05) is 0 Å². The van der Waals surface area contributed by atoms with Gasteiger partial charge in [0.2, 0.25) is 11.9 Å². The molecule has 1 aliphatic heterocycles. The van der Waals surface area contributed by atoms with Gasteiger partial charge in [-0.15, -0.1) is 0 Å². The molecule has 1 saturated heterocycles. The predicted octanol–water partition coefficient (Wildman–Crippen LogP) is 0.662. The molecule has 2 heterocycles. The number of aromatic nitrogens is 3. The highest BCUT2D eigenvalue weighted by atomic mass is 16.5. The molecule has 0 aromatic carbocycles. The van der Waals surface area contributed by atoms with E-state index >= 15 is 0 Å². The summed E-state index contributed by atoms with van der Waals surface area (Å²) < 4.78 is 5.54. The maximum absolute atomic E-state index is 9.59. The van der Waals surface area contributed by atoms with E-state index in [1.165, 1.54) is 0 Å². The first-order chi connectivity index (χ1) is 9.08. The predicted molar refractivity (Wildman–Crippen MR) is 72.6 cm³/mol. The molecule has 1 atom stereocenters. The maximum atomic E-state index is 9.59. The van der Waals surface area contributed by atoms with E-state index in [-0.39, 0.29) is 12.2 Å². The molecule has 0 aliphatic carbocycles. The molecule has 0 spiro atoms. The molecule has 1 aromatic rings. The molecule has 1 aliphatic rings. The van der Waals surface area contributed by atoms with Crippen molar-refractivity contribution in [3.63, 3.8) is 0 Å². The van der Waals surface area contributed by atoms with E-state index in [1.54, 1.807) is 0 Å². The van der Waals surface area contributed by atoms with Crippen LogP contribution in [-0.4, -0.2) is 51.9 Å². The minimum absolute atomic E-state index is 0.00824. The highest BCUT2D eigenvalue weighted by molar-refractivity contribution is 5.39. The number of aliphatic hydroxyl groups is 1. The zero-order valence-corrected chi connectivity index (χ0v) is 11.6. The van der Waals surface area contributed by atoms with Crippen molar-refractivity contribution in [2.24, 2.45) is 0 Å². The van der Waals surface area contributed by atoms with E-state index in [2.05, 4.69) is 20.3 Å². The van der Waals surface area contributed by atoms with Crippen molar-refractivity contribution in [3.8, 4) is 6.01 Å². The summed E-state index contributed by atoms with van der Waals surface area (Å²) in [4.78, 5) is 14.8. The van der Waals surface area contributed by atoms with Gasteiger partial charge in [0.05, 0.1) is 12.2 Å². The molecule has 1 aromatic heterocycles. The van der Waals surface area contributed by atoms with Crippen molar-refractivity contribution < 1.29 is 9.84 Å². The second-order valence-corrected chi connectivity index (χ2v) is 4.83. The maximum Gasteiger partial charge on any atom is 0.323 e. The average molecular weight is 267 g/mol. The first-order valence-electron chi connectivity index (χ1n) is 6.68. The Balaban J connectivity index is 2.23. The number of nitrogens with zero attached hydrogens (tertiary/aromatic N) is 4. The van der Waals surface area contributed by atoms with Crippen molar-refractivity contribution in [1.82, 2.24) is 15.0 Å². The van der Waals surface area contributed by atoms with Crippen molar-refractivity contribution in [1.29, 1.82) is 0 Å². The quantitative estimate of drug-likeness (QED) is 0.810. The topological polar surface area (TPSA) is 83.4 Å². The Hall–Kier alpha value is -1.63. The lowest BCUT2D eigenvalue weighted by Crippen LogP contribution is -2.24. The number of ether oxygens (including phenoxy) is 1. The lowest BCUT2D eigenvalue weighted by Gasteiger charge is -2.17. The fourth-order valence-electron chi connectivity index (χ4n) is 1.91. The van der Waals surface area contributed by atoms with Gasteiger partial charge in [0, 0.05) is 19.6 Å². The zero-order valence-electron chi connectivity index (χ0n) is 11.6. The Morgan fingerprint density at radius 2 is 2.21 bits per heavy atom. The third kappa shape index (κ3) is 3.66. The molecular formula is C12H21N5O2. The minimum atomic E-state index is -0.311. The van der Waals surface area contributed by atoms with Crippen LogP contribution >= 0.6 is 0 Å². The van der Waals surface area contributed by atoms with Gasteiger partial charge >= 0.3 is 6.01 Å². The van der Waals surface area contributed by atoms with Gasteiger partial charge in [-0.05, 0) is 27.2 Å². The standard InChI is InChI=1S/C12H21N5O2/c1-4-13-10-14-11(17-6-5-9(18)7-17)16-12(15-10)19-8(2)3/h8-9,18H,4-7H2,1-3H3,(H,13,14,15,16). The van der Waals surface area contributed by atoms with Crippen LogP contribution in [0.2, 0.25) is 0 Å². The molecule has 0 saturated carbocycles. The Morgan fingerprint density at radius 3 is 2.79 bits per heavy atom. The monoisotopic (exact) mass is 267 g/mol. The van der Waals surface area contributed by atoms with Gasteiger partial charge in [0.1, 0.15) is 0 Å². The fourth-order valence-corrected chi connectivity index (χ4v) is 1.91. The first-order valence-corrected chi connectivity index (χ1v) is 6.68. The van der Waals surface area contributed by atoms with Gasteiger partial charge < -0.3 is 20.1 Å². The van der Waals surface area contributed by atoms with E-state index in [0.717, 1.165) is 19.5 Å². The van der Waals surface area contributed by atoms with Crippen LogP contribution in [-0.2, 0) is 0 Å². The van der Waals surface area contributed by atoms with E-state index in [4.69, 9.17) is 4.74 Å². The SMILES string of the molecule is CCNc1nc(OC(C)C)nc(N2CCC(O)C2)n1. The number of hydrogen-bond acceptors (Lipinski definition) is 7. The van der Waals surface area contributed by atoms with E-state index in [1.807, 2.05) is 25.7 Å². The zero-order chi connectivity index (χ0) is 13.8. The van der Waals surface area contributed by atoms with E-state index in [9.17, 15) is 5.11 Å². The van der Waals surface area contributed by atoms with Crippen molar-refractivity contribution >= 4 is 11.9 Å². The van der Waals surface area contributed by atoms with Crippen molar-refractivity contribution in [2.75, 3.05) is 29.9 Å². The molecule has 2 N–H and O–H groups in total. The Kier molecular flexibility index (Phi) is 4.36. The van der Waals surface area contributed by atoms with E-state index < -0.39 is 0 Å². The molecule has 0 radical (unpaired) electrons. The Morgan fingerprint density at radius 1 is 1.42 bits per heavy atom. The minimum Gasteiger partial charge on any atom is -0.461 e. The molecule has 7 nitrogen and oxygen atoms in total. The van der Waals surface area contributed by atoms with Gasteiger partial charge in [-0.3, -0.25) is 0 Å². The van der Waals surface area contributed by atoms with Gasteiger partial charge in [-0.25, -0.2) is 0 Å². The molecule has 0 bridgehead atoms. The molecule has 7 heteroatoms. The third-order valence-corrected chi connectivity index (χ3v) is 2.73. The second kappa shape index (κ2) is 6.01. The fraction of sp³-hybridized carbons (Fsp3) is 0.750. The molecule has 2 rings (SSSR count). The van der Waals surface area contributed by atoms with Crippen LogP contribution < -0.4 is 15.0 Å². The van der Waals surface area contributed by atoms with Crippen LogP contribution in [0.5, 0.6) is 6.01 Å². The molecule has 106 valence electrons. The van der Waals surface area contributed by atoms with Crippen LogP contribution in [0.25, 0.3) is 0 Å². The van der Waals surface area contributed by atoms with Crippen LogP contribution in [0.15, 0.2) is 0 Å². The first kappa shape index (κ1) is 13.8. The van der Waals surface area contributed by atoms with Crippen LogP contribution in [0.1, 0.15) is 27.2 Å². The molecule has 19 heavy (non-hydrogen) atoms. The van der Waals surface area contributed by atoms with Gasteiger partial charge in [-0.2, -0.15) is 15.0 Å². The summed E-state index contributed by atoms with van der Waals surface area (Å²) in [6.07, 6.45) is 0.436. The molecule has 1 fully saturated rings. The van der Waals surface area contributed by atoms with Crippen LogP contribution in [0.3, 0.4) is 0 Å². The number of β-amino-alcohol motifs (C(OH)–C–C–N with tert-alkyl or cyclic N) is 1. The third-order valence-electron chi connectivity index (χ3n) is 2.73. The average Bonchev–Trinajstić information content (AvgIpc) is 2.75. The number of nitrogens with one attached hydrogen (secondary N) is 1. The normalized spacial score (nSPS) is 19.0. The lowest BCUT2D eigenvalue weighted by molar-refractivity contribution is 0.198. The van der Waals surface area contributed by atoms with E-state index in [0.29, 0.717) is 24.5 Å². The summed E-state index contributed by atoms with van der Waals surface area (Å²) in [5.41, 5.74) is 0. The number of aliphatic hydroxyl groups excluding tert-OH is 1. The van der Waals surface area contributed by atoms with Crippen molar-refractivity contribution in [2.45, 2.75) is 39.4 Å². The number of hydrogen-bond donors (Lipinski definition) is 2. The van der Waals surface area contributed by atoms with Crippen LogP contribution in [0.4, 0.5) is 11.9 Å². The van der Waals surface area contributed by atoms with Crippen molar-refractivity contribution in [3.05, 3.63) is 0 Å². The molecular weight excluding hydrogens is 246 g/mol. The molecule has 1 unspecified atom stereocenters. The number of rotatable bonds is 5. The summed E-state index contributed by atoms with van der Waals surface area (Å²) in [5, 5.41) is 12.7. The summed E-state index contributed by atoms with van der Waals surface area (Å²) in [6.45, 7) is 7.86. The lowest BCUT2D eigenvalue weighted by atomic mass is 10.3. The van der Waals surface area contributed by atoms with Gasteiger partial charge in [0.15, 0.2) is 0 Å². The summed E-state index contributed by atoms with van der Waals surface area (Å²) in [5.74, 6) is 1.06. The van der Waals surface area contributed by atoms with Gasteiger partial charge in [0.25, 0.3) is 0 Å². The second-order valence-electron chi connectivity index (χ2n) is 4.83. The molecule has 0 amide bonds. The Bertz CT molecular complexity index is 427. The highest BCUT2D eigenvalue weighted by Crippen LogP contribution is 2.20.